The van der Waals surface area contributed by atoms with E-state index in [9.17, 15) is 14.7 Å². The molecule has 182 valence electrons. The van der Waals surface area contributed by atoms with E-state index in [1.807, 2.05) is 68.5 Å². The Morgan fingerprint density at radius 1 is 0.943 bits per heavy atom. The third kappa shape index (κ3) is 7.23. The Kier molecular flexibility index (Phi) is 9.56. The summed E-state index contributed by atoms with van der Waals surface area (Å²) in [5.74, 6) is -0.585. The van der Waals surface area contributed by atoms with Crippen LogP contribution in [0, 0.1) is 0 Å². The van der Waals surface area contributed by atoms with Crippen LogP contribution in [0.15, 0.2) is 89.3 Å². The van der Waals surface area contributed by atoms with Crippen LogP contribution in [0.25, 0.3) is 6.08 Å². The number of carboxylic acid groups (broad SMARTS) is 1. The van der Waals surface area contributed by atoms with Gasteiger partial charge in [-0.05, 0) is 55.7 Å². The van der Waals surface area contributed by atoms with Gasteiger partial charge < -0.3 is 14.7 Å². The molecule has 0 aliphatic rings. The first-order valence-electron chi connectivity index (χ1n) is 11.7. The molecule has 1 N–H and O–H groups in total. The lowest BCUT2D eigenvalue weighted by Gasteiger charge is -2.20. The summed E-state index contributed by atoms with van der Waals surface area (Å²) in [6.45, 7) is 6.54. The van der Waals surface area contributed by atoms with E-state index in [0.717, 1.165) is 21.6 Å². The van der Waals surface area contributed by atoms with Crippen molar-refractivity contribution in [2.24, 2.45) is 0 Å². The van der Waals surface area contributed by atoms with Crippen LogP contribution in [-0.2, 0) is 9.59 Å². The minimum atomic E-state index is -1.04. The summed E-state index contributed by atoms with van der Waals surface area (Å²) in [6, 6.07) is 26.0. The van der Waals surface area contributed by atoms with Gasteiger partial charge >= 0.3 is 5.97 Å². The molecule has 0 heterocycles. The first kappa shape index (κ1) is 26.1. The summed E-state index contributed by atoms with van der Waals surface area (Å²) < 4.78 is 5.70. The summed E-state index contributed by atoms with van der Waals surface area (Å²) in [4.78, 5) is 26.5. The molecule has 5 nitrogen and oxygen atoms in total. The van der Waals surface area contributed by atoms with Crippen molar-refractivity contribution < 1.29 is 19.4 Å². The fourth-order valence-corrected chi connectivity index (χ4v) is 4.97. The van der Waals surface area contributed by atoms with Crippen molar-refractivity contribution in [1.29, 1.82) is 0 Å². The fourth-order valence-electron chi connectivity index (χ4n) is 3.75. The number of benzene rings is 3. The second-order valence-corrected chi connectivity index (χ2v) is 9.16. The zero-order chi connectivity index (χ0) is 25.2. The topological polar surface area (TPSA) is 66.8 Å². The van der Waals surface area contributed by atoms with Crippen LogP contribution in [0.3, 0.4) is 0 Å². The Bertz CT molecular complexity index is 1120. The Hall–Kier alpha value is -3.51. The average molecular weight is 490 g/mol. The maximum absolute atomic E-state index is 12.7. The van der Waals surface area contributed by atoms with E-state index in [4.69, 9.17) is 4.74 Å². The molecule has 3 rings (SSSR count). The average Bonchev–Trinajstić information content (AvgIpc) is 2.88. The van der Waals surface area contributed by atoms with Crippen LogP contribution in [0.5, 0.6) is 5.75 Å². The standard InChI is InChI=1S/C29H31NO4S/c1-4-30(5-2)29(33)21(3)18-22-16-17-26(25(19-22)34-20-27(31)32)35-28(23-12-8-6-9-13-23)24-14-10-7-11-15-24/h6-19,28H,4-5,20H2,1-3H3,(H,31,32)/b21-18-. The smallest absolute Gasteiger partial charge is 0.341 e. The van der Waals surface area contributed by atoms with Gasteiger partial charge in [-0.2, -0.15) is 0 Å². The molecule has 3 aromatic rings. The molecule has 0 bridgehead atoms. The molecular weight excluding hydrogens is 458 g/mol. The van der Waals surface area contributed by atoms with Crippen LogP contribution in [0.1, 0.15) is 42.7 Å². The van der Waals surface area contributed by atoms with E-state index < -0.39 is 12.6 Å². The Morgan fingerprint density at radius 3 is 2.03 bits per heavy atom. The lowest BCUT2D eigenvalue weighted by Crippen LogP contribution is -2.30. The molecule has 1 amide bonds. The molecule has 3 aromatic carbocycles. The van der Waals surface area contributed by atoms with Gasteiger partial charge in [0.25, 0.3) is 0 Å². The molecule has 0 saturated carbocycles. The van der Waals surface area contributed by atoms with Crippen molar-refractivity contribution >= 4 is 29.7 Å². The van der Waals surface area contributed by atoms with Crippen molar-refractivity contribution in [2.75, 3.05) is 19.7 Å². The Morgan fingerprint density at radius 2 is 1.51 bits per heavy atom. The highest BCUT2D eigenvalue weighted by Gasteiger charge is 2.19. The molecule has 0 aromatic heterocycles. The summed E-state index contributed by atoms with van der Waals surface area (Å²) in [5, 5.41) is 9.21. The number of thioether (sulfide) groups is 1. The minimum Gasteiger partial charge on any atom is -0.481 e. The van der Waals surface area contributed by atoms with Crippen LogP contribution < -0.4 is 4.74 Å². The van der Waals surface area contributed by atoms with E-state index >= 15 is 0 Å². The lowest BCUT2D eigenvalue weighted by molar-refractivity contribution is -0.139. The predicted molar refractivity (Wildman–Crippen MR) is 142 cm³/mol. The predicted octanol–water partition coefficient (Wildman–Crippen LogP) is 6.30. The number of ether oxygens (including phenoxy) is 1. The molecule has 0 fully saturated rings. The number of likely N-dealkylation sites (N-methyl/N-ethyl adjacent to an activating group) is 1. The van der Waals surface area contributed by atoms with Crippen LogP contribution in [0.4, 0.5) is 0 Å². The third-order valence-corrected chi connectivity index (χ3v) is 6.91. The first-order valence-corrected chi connectivity index (χ1v) is 12.5. The molecule has 0 spiro atoms. The second kappa shape index (κ2) is 12.8. The lowest BCUT2D eigenvalue weighted by atomic mass is 10.0. The van der Waals surface area contributed by atoms with Crippen molar-refractivity contribution in [3.05, 3.63) is 101 Å². The fraction of sp³-hybridized carbons (Fsp3) is 0.241. The summed E-state index contributed by atoms with van der Waals surface area (Å²) in [6.07, 6.45) is 1.81. The number of carbonyl (C=O) groups excluding carboxylic acids is 1. The highest BCUT2D eigenvalue weighted by molar-refractivity contribution is 7.99. The molecule has 0 saturated heterocycles. The second-order valence-electron chi connectivity index (χ2n) is 8.01. The number of nitrogens with zero attached hydrogens (tertiary/aromatic N) is 1. The van der Waals surface area contributed by atoms with Crippen LogP contribution in [0.2, 0.25) is 0 Å². The van der Waals surface area contributed by atoms with E-state index in [-0.39, 0.29) is 11.2 Å². The highest BCUT2D eigenvalue weighted by atomic mass is 32.2. The van der Waals surface area contributed by atoms with Crippen LogP contribution in [-0.4, -0.2) is 41.6 Å². The maximum atomic E-state index is 12.7. The first-order chi connectivity index (χ1) is 16.9. The number of rotatable bonds is 11. The van der Waals surface area contributed by atoms with Crippen molar-refractivity contribution in [3.8, 4) is 5.75 Å². The summed E-state index contributed by atoms with van der Waals surface area (Å²) in [7, 11) is 0. The normalized spacial score (nSPS) is 11.4. The van der Waals surface area contributed by atoms with Gasteiger partial charge in [-0.1, -0.05) is 66.7 Å². The number of carbonyl (C=O) groups is 2. The number of hydrogen-bond acceptors (Lipinski definition) is 4. The quantitative estimate of drug-likeness (QED) is 0.253. The van der Waals surface area contributed by atoms with Crippen LogP contribution >= 0.6 is 11.8 Å². The highest BCUT2D eigenvalue weighted by Crippen LogP contribution is 2.44. The molecular formula is C29H31NO4S. The number of amides is 1. The third-order valence-electron chi connectivity index (χ3n) is 5.54. The van der Waals surface area contributed by atoms with E-state index in [1.54, 1.807) is 29.7 Å². The van der Waals surface area contributed by atoms with Gasteiger partial charge in [0.2, 0.25) is 5.91 Å². The van der Waals surface area contributed by atoms with Crippen molar-refractivity contribution in [3.63, 3.8) is 0 Å². The zero-order valence-electron chi connectivity index (χ0n) is 20.3. The number of carboxylic acids is 1. The summed E-state index contributed by atoms with van der Waals surface area (Å²) in [5.41, 5.74) is 3.67. The zero-order valence-corrected chi connectivity index (χ0v) is 21.1. The van der Waals surface area contributed by atoms with Gasteiger partial charge in [0, 0.05) is 18.7 Å². The number of hydrogen-bond donors (Lipinski definition) is 1. The molecule has 6 heteroatoms. The Balaban J connectivity index is 1.98. The Labute approximate surface area is 211 Å². The molecule has 35 heavy (non-hydrogen) atoms. The maximum Gasteiger partial charge on any atom is 0.341 e. The van der Waals surface area contributed by atoms with Gasteiger partial charge in [-0.15, -0.1) is 11.8 Å². The van der Waals surface area contributed by atoms with Gasteiger partial charge in [-0.25, -0.2) is 4.79 Å². The molecule has 0 aliphatic heterocycles. The molecule has 0 aliphatic carbocycles. The molecule has 0 radical (unpaired) electrons. The SMILES string of the molecule is CCN(CC)C(=O)/C(C)=C\c1ccc(SC(c2ccccc2)c2ccccc2)c(OCC(=O)O)c1. The molecule has 0 atom stereocenters. The van der Waals surface area contributed by atoms with Gasteiger partial charge in [0.1, 0.15) is 5.75 Å². The van der Waals surface area contributed by atoms with E-state index in [1.165, 1.54) is 0 Å². The monoisotopic (exact) mass is 489 g/mol. The van der Waals surface area contributed by atoms with Gasteiger partial charge in [0.05, 0.1) is 10.1 Å². The van der Waals surface area contributed by atoms with Crippen molar-refractivity contribution in [1.82, 2.24) is 4.90 Å². The molecule has 0 unspecified atom stereocenters. The number of aliphatic carboxylic acids is 1. The minimum absolute atomic E-state index is 0.00282. The largest absolute Gasteiger partial charge is 0.481 e. The summed E-state index contributed by atoms with van der Waals surface area (Å²) >= 11 is 1.61. The van der Waals surface area contributed by atoms with E-state index in [0.29, 0.717) is 24.4 Å². The van der Waals surface area contributed by atoms with E-state index in [2.05, 4.69) is 24.3 Å². The van der Waals surface area contributed by atoms with Gasteiger partial charge in [-0.3, -0.25) is 4.79 Å². The van der Waals surface area contributed by atoms with Gasteiger partial charge in [0.15, 0.2) is 6.61 Å². The van der Waals surface area contributed by atoms with Crippen molar-refractivity contribution in [2.45, 2.75) is 30.9 Å².